The molecule has 162 valence electrons. The molecule has 0 aliphatic rings. The van der Waals surface area contributed by atoms with Crippen LogP contribution < -0.4 is 5.32 Å². The molecule has 0 radical (unpaired) electrons. The van der Waals surface area contributed by atoms with Crippen molar-refractivity contribution >= 4 is 28.6 Å². The number of benzene rings is 2. The molecule has 0 aliphatic carbocycles. The first-order valence-electron chi connectivity index (χ1n) is 9.32. The highest BCUT2D eigenvalue weighted by Crippen LogP contribution is 2.33. The van der Waals surface area contributed by atoms with Gasteiger partial charge in [-0.15, -0.1) is 0 Å². The Balaban J connectivity index is 0.000000366. The van der Waals surface area contributed by atoms with E-state index in [1.807, 2.05) is 37.3 Å². The highest BCUT2D eigenvalue weighted by atomic mass is 16.4. The molecule has 0 aliphatic heterocycles. The van der Waals surface area contributed by atoms with E-state index in [4.69, 9.17) is 10.2 Å². The molecule has 2 aromatic carbocycles. The number of H-pyrrole nitrogens is 1. The summed E-state index contributed by atoms with van der Waals surface area (Å²) in [5.74, 6) is -2.63. The molecule has 0 saturated heterocycles. The van der Waals surface area contributed by atoms with E-state index in [0.717, 1.165) is 16.3 Å². The molecular formula is C22H23N3O6. The Bertz CT molecular complexity index is 1090. The van der Waals surface area contributed by atoms with Gasteiger partial charge in [0.15, 0.2) is 0 Å². The van der Waals surface area contributed by atoms with Crippen molar-refractivity contribution in [2.45, 2.75) is 18.9 Å². The van der Waals surface area contributed by atoms with Gasteiger partial charge in [-0.2, -0.15) is 0 Å². The van der Waals surface area contributed by atoms with Gasteiger partial charge in [-0.1, -0.05) is 25.1 Å². The Hall–Kier alpha value is -3.98. The van der Waals surface area contributed by atoms with E-state index in [9.17, 15) is 19.5 Å². The number of amides is 1. The smallest absolute Gasteiger partial charge is 0.328 e. The van der Waals surface area contributed by atoms with E-state index < -0.39 is 17.5 Å². The van der Waals surface area contributed by atoms with Crippen LogP contribution in [-0.2, 0) is 15.2 Å². The highest BCUT2D eigenvalue weighted by molar-refractivity contribution is 5.98. The second kappa shape index (κ2) is 10.2. The summed E-state index contributed by atoms with van der Waals surface area (Å²) < 4.78 is 0. The molecule has 3 rings (SSSR count). The second-order valence-electron chi connectivity index (χ2n) is 6.54. The number of aliphatic hydroxyl groups is 1. The number of hydrogen-bond donors (Lipinski definition) is 5. The van der Waals surface area contributed by atoms with Gasteiger partial charge in [-0.25, -0.2) is 14.6 Å². The number of nitrogens with zero attached hydrogens (tertiary/aromatic N) is 1. The summed E-state index contributed by atoms with van der Waals surface area (Å²) in [6, 6.07) is 11.3. The van der Waals surface area contributed by atoms with Gasteiger partial charge in [0.05, 0.1) is 18.2 Å². The van der Waals surface area contributed by atoms with Gasteiger partial charge in [0.25, 0.3) is 5.91 Å². The number of aromatic amines is 1. The maximum Gasteiger partial charge on any atom is 0.328 e. The molecule has 1 aromatic heterocycles. The fourth-order valence-corrected chi connectivity index (χ4v) is 2.96. The lowest BCUT2D eigenvalue weighted by molar-refractivity contribution is -0.134. The number of fused-ring (bicyclic) bond motifs is 1. The number of nitrogens with one attached hydrogen (secondary N) is 2. The first-order chi connectivity index (χ1) is 14.7. The molecule has 0 saturated carbocycles. The van der Waals surface area contributed by atoms with Gasteiger partial charge < -0.3 is 25.6 Å². The SMILES string of the molecule is CC[C@](O)(c1ccc2cc(C(=O)NC)ccc2c1)c1cnc[nH]1.O=C(O)/C=C/C(=O)O. The zero-order valence-electron chi connectivity index (χ0n) is 17.0. The molecule has 3 aromatic rings. The maximum absolute atomic E-state index is 11.7. The van der Waals surface area contributed by atoms with Crippen LogP contribution in [0.15, 0.2) is 61.1 Å². The third kappa shape index (κ3) is 5.77. The third-order valence-corrected chi connectivity index (χ3v) is 4.63. The van der Waals surface area contributed by atoms with Gasteiger partial charge in [-0.3, -0.25) is 4.79 Å². The molecule has 5 N–H and O–H groups in total. The molecule has 1 heterocycles. The zero-order valence-corrected chi connectivity index (χ0v) is 17.0. The molecule has 31 heavy (non-hydrogen) atoms. The van der Waals surface area contributed by atoms with Crippen LogP contribution in [0.2, 0.25) is 0 Å². The first kappa shape index (κ1) is 23.3. The van der Waals surface area contributed by atoms with E-state index >= 15 is 0 Å². The van der Waals surface area contributed by atoms with Gasteiger partial charge in [0, 0.05) is 24.8 Å². The number of carboxylic acid groups (broad SMARTS) is 2. The molecule has 9 heteroatoms. The Morgan fingerprint density at radius 1 is 1.06 bits per heavy atom. The summed E-state index contributed by atoms with van der Waals surface area (Å²) in [6.45, 7) is 1.93. The van der Waals surface area contributed by atoms with Crippen LogP contribution in [-0.4, -0.2) is 50.2 Å². The predicted octanol–water partition coefficient (Wildman–Crippen LogP) is 2.28. The summed E-state index contributed by atoms with van der Waals surface area (Å²) in [4.78, 5) is 37.8. The number of imidazole rings is 1. The molecule has 0 fully saturated rings. The minimum absolute atomic E-state index is 0.113. The average Bonchev–Trinajstić information content (AvgIpc) is 3.32. The topological polar surface area (TPSA) is 153 Å². The fraction of sp³-hybridized carbons (Fsp3) is 0.182. The van der Waals surface area contributed by atoms with Crippen LogP contribution in [0.1, 0.15) is 35.0 Å². The van der Waals surface area contributed by atoms with Gasteiger partial charge in [-0.05, 0) is 41.0 Å². The van der Waals surface area contributed by atoms with Crippen LogP contribution in [0.25, 0.3) is 10.8 Å². The van der Waals surface area contributed by atoms with E-state index in [1.165, 1.54) is 0 Å². The summed E-state index contributed by atoms with van der Waals surface area (Å²) in [7, 11) is 1.61. The summed E-state index contributed by atoms with van der Waals surface area (Å²) in [6.07, 6.45) is 4.84. The number of carboxylic acids is 2. The van der Waals surface area contributed by atoms with Crippen LogP contribution in [0, 0.1) is 0 Å². The zero-order chi connectivity index (χ0) is 23.0. The average molecular weight is 425 g/mol. The summed E-state index contributed by atoms with van der Waals surface area (Å²) in [5.41, 5.74) is 0.974. The predicted molar refractivity (Wildman–Crippen MR) is 114 cm³/mol. The van der Waals surface area contributed by atoms with E-state index in [2.05, 4.69) is 15.3 Å². The Labute approximate surface area is 178 Å². The van der Waals surface area contributed by atoms with E-state index in [1.54, 1.807) is 25.6 Å². The highest BCUT2D eigenvalue weighted by Gasteiger charge is 2.31. The summed E-state index contributed by atoms with van der Waals surface area (Å²) in [5, 5.41) is 31.2. The number of carbonyl (C=O) groups excluding carboxylic acids is 1. The first-order valence-corrected chi connectivity index (χ1v) is 9.32. The molecule has 0 unspecified atom stereocenters. The van der Waals surface area contributed by atoms with Crippen LogP contribution in [0.4, 0.5) is 0 Å². The van der Waals surface area contributed by atoms with Crippen molar-refractivity contribution in [3.63, 3.8) is 0 Å². The minimum atomic E-state index is -1.26. The molecular weight excluding hydrogens is 402 g/mol. The fourth-order valence-electron chi connectivity index (χ4n) is 2.96. The van der Waals surface area contributed by atoms with Gasteiger partial charge >= 0.3 is 11.9 Å². The van der Waals surface area contributed by atoms with Crippen molar-refractivity contribution in [3.8, 4) is 0 Å². The Kier molecular flexibility index (Phi) is 7.64. The molecule has 9 nitrogen and oxygen atoms in total. The number of rotatable bonds is 6. The third-order valence-electron chi connectivity index (χ3n) is 4.63. The molecule has 1 atom stereocenters. The van der Waals surface area contributed by atoms with Crippen molar-refractivity contribution in [2.75, 3.05) is 7.05 Å². The van der Waals surface area contributed by atoms with Crippen molar-refractivity contribution < 1.29 is 29.7 Å². The quantitative estimate of drug-likeness (QED) is 0.380. The van der Waals surface area contributed by atoms with Crippen LogP contribution >= 0.6 is 0 Å². The molecule has 1 amide bonds. The monoisotopic (exact) mass is 425 g/mol. The van der Waals surface area contributed by atoms with Crippen molar-refractivity contribution in [1.82, 2.24) is 15.3 Å². The molecule has 0 spiro atoms. The maximum atomic E-state index is 11.7. The number of aromatic nitrogens is 2. The van der Waals surface area contributed by atoms with E-state index in [-0.39, 0.29) is 5.91 Å². The lowest BCUT2D eigenvalue weighted by Gasteiger charge is -2.26. The number of hydrogen-bond acceptors (Lipinski definition) is 5. The lowest BCUT2D eigenvalue weighted by atomic mass is 9.87. The van der Waals surface area contributed by atoms with Crippen molar-refractivity contribution in [2.24, 2.45) is 0 Å². The van der Waals surface area contributed by atoms with E-state index in [0.29, 0.717) is 29.8 Å². The Morgan fingerprint density at radius 2 is 1.68 bits per heavy atom. The van der Waals surface area contributed by atoms with Crippen molar-refractivity contribution in [3.05, 3.63) is 77.9 Å². The number of aliphatic carboxylic acids is 2. The lowest BCUT2D eigenvalue weighted by Crippen LogP contribution is -2.26. The summed E-state index contributed by atoms with van der Waals surface area (Å²) >= 11 is 0. The van der Waals surface area contributed by atoms with Crippen molar-refractivity contribution in [1.29, 1.82) is 0 Å². The normalized spacial score (nSPS) is 12.6. The minimum Gasteiger partial charge on any atom is -0.478 e. The largest absolute Gasteiger partial charge is 0.478 e. The standard InChI is InChI=1S/C18H19N3O2.C4H4O4/c1-3-18(23,16-10-20-11-21-16)15-7-6-12-8-14(17(22)19-2)5-4-13(12)9-15;5-3(6)1-2-4(7)8/h4-11,23H,3H2,1-2H3,(H,19,22)(H,20,21);1-2H,(H,5,6)(H,7,8)/b;2-1+/t18-;/m0./s1. The number of carbonyl (C=O) groups is 3. The van der Waals surface area contributed by atoms with Gasteiger partial charge in [0.2, 0.25) is 0 Å². The van der Waals surface area contributed by atoms with Crippen LogP contribution in [0.5, 0.6) is 0 Å². The van der Waals surface area contributed by atoms with Crippen LogP contribution in [0.3, 0.4) is 0 Å². The van der Waals surface area contributed by atoms with Gasteiger partial charge in [0.1, 0.15) is 5.60 Å². The second-order valence-corrected chi connectivity index (χ2v) is 6.54. The Morgan fingerprint density at radius 3 is 2.19 bits per heavy atom. The molecule has 0 bridgehead atoms.